The second-order valence-electron chi connectivity index (χ2n) is 2.80. The Labute approximate surface area is 76.0 Å². The summed E-state index contributed by atoms with van der Waals surface area (Å²) in [5.74, 6) is 0.663. The lowest BCUT2D eigenvalue weighted by atomic mass is 10.1. The van der Waals surface area contributed by atoms with Crippen LogP contribution < -0.4 is 0 Å². The number of methoxy groups -OCH3 is 1. The SMILES string of the molecule is C=C(OC)c1ccc2cn[nH]c2c1. The number of rotatable bonds is 2. The van der Waals surface area contributed by atoms with Gasteiger partial charge in [-0.05, 0) is 6.07 Å². The second kappa shape index (κ2) is 2.94. The Morgan fingerprint density at radius 1 is 1.54 bits per heavy atom. The van der Waals surface area contributed by atoms with E-state index in [1.54, 1.807) is 13.3 Å². The third-order valence-electron chi connectivity index (χ3n) is 2.01. The van der Waals surface area contributed by atoms with Crippen LogP contribution in [0, 0.1) is 0 Å². The van der Waals surface area contributed by atoms with Gasteiger partial charge < -0.3 is 4.74 Å². The topological polar surface area (TPSA) is 37.9 Å². The maximum Gasteiger partial charge on any atom is 0.118 e. The van der Waals surface area contributed by atoms with Gasteiger partial charge in [-0.1, -0.05) is 18.7 Å². The van der Waals surface area contributed by atoms with E-state index in [9.17, 15) is 0 Å². The molecule has 0 aliphatic carbocycles. The molecule has 0 fully saturated rings. The van der Waals surface area contributed by atoms with Crippen molar-refractivity contribution in [3.05, 3.63) is 36.5 Å². The van der Waals surface area contributed by atoms with Gasteiger partial charge in [0.05, 0.1) is 18.8 Å². The number of hydrogen-bond acceptors (Lipinski definition) is 2. The molecule has 13 heavy (non-hydrogen) atoms. The Kier molecular flexibility index (Phi) is 1.77. The van der Waals surface area contributed by atoms with Crippen LogP contribution in [-0.4, -0.2) is 17.3 Å². The minimum atomic E-state index is 0.663. The summed E-state index contributed by atoms with van der Waals surface area (Å²) >= 11 is 0. The fraction of sp³-hybridized carbons (Fsp3) is 0.100. The van der Waals surface area contributed by atoms with E-state index in [0.717, 1.165) is 16.5 Å². The first kappa shape index (κ1) is 7.86. The molecular formula is C10H10N2O. The predicted molar refractivity (Wildman–Crippen MR) is 52.1 cm³/mol. The van der Waals surface area contributed by atoms with Gasteiger partial charge in [0.1, 0.15) is 5.76 Å². The number of aromatic amines is 1. The zero-order valence-corrected chi connectivity index (χ0v) is 7.37. The number of nitrogens with one attached hydrogen (secondary N) is 1. The molecule has 2 rings (SSSR count). The smallest absolute Gasteiger partial charge is 0.118 e. The van der Waals surface area contributed by atoms with Gasteiger partial charge in [0.15, 0.2) is 0 Å². The van der Waals surface area contributed by atoms with E-state index in [2.05, 4.69) is 16.8 Å². The number of H-pyrrole nitrogens is 1. The Morgan fingerprint density at radius 2 is 2.38 bits per heavy atom. The fourth-order valence-electron chi connectivity index (χ4n) is 1.23. The Balaban J connectivity index is 2.54. The number of fused-ring (bicyclic) bond motifs is 1. The van der Waals surface area contributed by atoms with Crippen LogP contribution in [0.4, 0.5) is 0 Å². The minimum absolute atomic E-state index is 0.663. The zero-order chi connectivity index (χ0) is 9.26. The maximum absolute atomic E-state index is 5.03. The molecule has 0 spiro atoms. The molecule has 1 N–H and O–H groups in total. The molecule has 66 valence electrons. The standard InChI is InChI=1S/C10H10N2O/c1-7(13-2)8-3-4-9-6-11-12-10(9)5-8/h3-6H,1H2,2H3,(H,11,12). The van der Waals surface area contributed by atoms with Crippen LogP contribution in [0.5, 0.6) is 0 Å². The summed E-state index contributed by atoms with van der Waals surface area (Å²) in [6.45, 7) is 3.78. The number of aromatic nitrogens is 2. The molecule has 0 atom stereocenters. The summed E-state index contributed by atoms with van der Waals surface area (Å²) in [5.41, 5.74) is 1.97. The second-order valence-corrected chi connectivity index (χ2v) is 2.80. The van der Waals surface area contributed by atoms with Crippen molar-refractivity contribution in [3.8, 4) is 0 Å². The first-order valence-corrected chi connectivity index (χ1v) is 3.97. The van der Waals surface area contributed by atoms with E-state index in [1.165, 1.54) is 0 Å². The lowest BCUT2D eigenvalue weighted by Crippen LogP contribution is -1.84. The van der Waals surface area contributed by atoms with Gasteiger partial charge in [-0.3, -0.25) is 5.10 Å². The fourth-order valence-corrected chi connectivity index (χ4v) is 1.23. The average molecular weight is 174 g/mol. The molecule has 0 saturated heterocycles. The molecule has 0 saturated carbocycles. The molecule has 0 aliphatic heterocycles. The van der Waals surface area contributed by atoms with Gasteiger partial charge in [-0.15, -0.1) is 0 Å². The Hall–Kier alpha value is -1.77. The van der Waals surface area contributed by atoms with Crippen LogP contribution in [0.25, 0.3) is 16.7 Å². The normalized spacial score (nSPS) is 10.2. The van der Waals surface area contributed by atoms with Crippen LogP contribution >= 0.6 is 0 Å². The molecule has 0 radical (unpaired) electrons. The number of benzene rings is 1. The summed E-state index contributed by atoms with van der Waals surface area (Å²) in [6.07, 6.45) is 1.79. The van der Waals surface area contributed by atoms with Gasteiger partial charge in [0.25, 0.3) is 0 Å². The molecule has 1 aromatic carbocycles. The van der Waals surface area contributed by atoms with Crippen molar-refractivity contribution >= 4 is 16.7 Å². The number of ether oxygens (including phenoxy) is 1. The largest absolute Gasteiger partial charge is 0.497 e. The highest BCUT2D eigenvalue weighted by Gasteiger charge is 2.00. The molecular weight excluding hydrogens is 164 g/mol. The quantitative estimate of drug-likeness (QED) is 0.708. The lowest BCUT2D eigenvalue weighted by Gasteiger charge is -2.03. The van der Waals surface area contributed by atoms with Crippen LogP contribution in [0.1, 0.15) is 5.56 Å². The number of hydrogen-bond donors (Lipinski definition) is 1. The van der Waals surface area contributed by atoms with Crippen molar-refractivity contribution in [3.63, 3.8) is 0 Å². The molecule has 1 heterocycles. The van der Waals surface area contributed by atoms with Crippen molar-refractivity contribution in [2.24, 2.45) is 0 Å². The Bertz CT molecular complexity index is 445. The molecule has 0 bridgehead atoms. The first-order chi connectivity index (χ1) is 6.31. The van der Waals surface area contributed by atoms with E-state index in [1.807, 2.05) is 18.2 Å². The molecule has 0 aliphatic rings. The van der Waals surface area contributed by atoms with Crippen molar-refractivity contribution in [2.45, 2.75) is 0 Å². The summed E-state index contributed by atoms with van der Waals surface area (Å²) in [5, 5.41) is 7.91. The van der Waals surface area contributed by atoms with Crippen LogP contribution in [0.2, 0.25) is 0 Å². The summed E-state index contributed by atoms with van der Waals surface area (Å²) < 4.78 is 5.03. The lowest BCUT2D eigenvalue weighted by molar-refractivity contribution is 0.371. The third-order valence-corrected chi connectivity index (χ3v) is 2.01. The van der Waals surface area contributed by atoms with Crippen molar-refractivity contribution < 1.29 is 4.74 Å². The molecule has 2 aromatic rings. The average Bonchev–Trinajstić information content (AvgIpc) is 2.63. The number of nitrogens with zero attached hydrogens (tertiary/aromatic N) is 1. The minimum Gasteiger partial charge on any atom is -0.497 e. The highest BCUT2D eigenvalue weighted by atomic mass is 16.5. The third kappa shape index (κ3) is 1.28. The van der Waals surface area contributed by atoms with Gasteiger partial charge in [0.2, 0.25) is 0 Å². The van der Waals surface area contributed by atoms with Crippen LogP contribution in [0.15, 0.2) is 31.0 Å². The van der Waals surface area contributed by atoms with Gasteiger partial charge >= 0.3 is 0 Å². The van der Waals surface area contributed by atoms with E-state index >= 15 is 0 Å². The van der Waals surface area contributed by atoms with Crippen molar-refractivity contribution in [1.29, 1.82) is 0 Å². The molecule has 3 nitrogen and oxygen atoms in total. The van der Waals surface area contributed by atoms with E-state index in [0.29, 0.717) is 5.76 Å². The van der Waals surface area contributed by atoms with E-state index in [4.69, 9.17) is 4.74 Å². The first-order valence-electron chi connectivity index (χ1n) is 3.97. The monoisotopic (exact) mass is 174 g/mol. The van der Waals surface area contributed by atoms with Crippen molar-refractivity contribution in [1.82, 2.24) is 10.2 Å². The van der Waals surface area contributed by atoms with E-state index < -0.39 is 0 Å². The summed E-state index contributed by atoms with van der Waals surface area (Å²) in [6, 6.07) is 5.91. The maximum atomic E-state index is 5.03. The summed E-state index contributed by atoms with van der Waals surface area (Å²) in [4.78, 5) is 0. The predicted octanol–water partition coefficient (Wildman–Crippen LogP) is 2.18. The van der Waals surface area contributed by atoms with Gasteiger partial charge in [-0.25, -0.2) is 0 Å². The summed E-state index contributed by atoms with van der Waals surface area (Å²) in [7, 11) is 1.61. The molecule has 3 heteroatoms. The highest BCUT2D eigenvalue weighted by Crippen LogP contribution is 2.18. The van der Waals surface area contributed by atoms with E-state index in [-0.39, 0.29) is 0 Å². The van der Waals surface area contributed by atoms with Crippen molar-refractivity contribution in [2.75, 3.05) is 7.11 Å². The Morgan fingerprint density at radius 3 is 3.15 bits per heavy atom. The van der Waals surface area contributed by atoms with Crippen LogP contribution in [-0.2, 0) is 4.74 Å². The molecule has 0 amide bonds. The highest BCUT2D eigenvalue weighted by molar-refractivity contribution is 5.81. The molecule has 0 unspecified atom stereocenters. The van der Waals surface area contributed by atoms with Gasteiger partial charge in [0, 0.05) is 10.9 Å². The van der Waals surface area contributed by atoms with Gasteiger partial charge in [-0.2, -0.15) is 5.10 Å². The van der Waals surface area contributed by atoms with Crippen LogP contribution in [0.3, 0.4) is 0 Å². The molecule has 1 aromatic heterocycles. The zero-order valence-electron chi connectivity index (χ0n) is 7.37.